The van der Waals surface area contributed by atoms with E-state index in [9.17, 15) is 4.79 Å². The second kappa shape index (κ2) is 6.35. The lowest BCUT2D eigenvalue weighted by Crippen LogP contribution is -2.17. The first kappa shape index (κ1) is 16.3. The summed E-state index contributed by atoms with van der Waals surface area (Å²) >= 11 is 5.86. The van der Waals surface area contributed by atoms with Crippen LogP contribution in [0.4, 0.5) is 0 Å². The van der Waals surface area contributed by atoms with Crippen molar-refractivity contribution < 1.29 is 0 Å². The van der Waals surface area contributed by atoms with Gasteiger partial charge in [-0.25, -0.2) is 9.78 Å². The van der Waals surface area contributed by atoms with Crippen LogP contribution >= 0.6 is 11.6 Å². The number of halogens is 1. The van der Waals surface area contributed by atoms with E-state index in [0.29, 0.717) is 23.6 Å². The van der Waals surface area contributed by atoms with E-state index >= 15 is 0 Å². The molecule has 27 heavy (non-hydrogen) atoms. The van der Waals surface area contributed by atoms with Gasteiger partial charge in [0, 0.05) is 18.6 Å². The largest absolute Gasteiger partial charge is 0.354 e. The summed E-state index contributed by atoms with van der Waals surface area (Å²) in [5.41, 5.74) is 2.20. The highest BCUT2D eigenvalue weighted by Gasteiger charge is 2.23. The van der Waals surface area contributed by atoms with E-state index in [-0.39, 0.29) is 5.69 Å². The molecule has 2 aromatic rings. The molecule has 0 unspecified atom stereocenters. The van der Waals surface area contributed by atoms with Crippen molar-refractivity contribution in [3.63, 3.8) is 0 Å². The van der Waals surface area contributed by atoms with Crippen LogP contribution in [0.3, 0.4) is 0 Å². The Kier molecular flexibility index (Phi) is 3.82. The molecule has 0 amide bonds. The number of aromatic nitrogens is 6. The molecule has 1 aliphatic carbocycles. The third-order valence-corrected chi connectivity index (χ3v) is 5.32. The minimum Gasteiger partial charge on any atom is -0.327 e. The van der Waals surface area contributed by atoms with Crippen molar-refractivity contribution >= 4 is 11.6 Å². The molecule has 0 atom stereocenters. The molecule has 136 valence electrons. The Morgan fingerprint density at radius 3 is 2.81 bits per heavy atom. The smallest absolute Gasteiger partial charge is 0.327 e. The number of imidazole rings is 1. The molecule has 7 nitrogen and oxygen atoms in total. The maximum Gasteiger partial charge on any atom is 0.354 e. The molecule has 0 N–H and O–H groups in total. The van der Waals surface area contributed by atoms with Crippen LogP contribution in [0, 0.1) is 0 Å². The highest BCUT2D eigenvalue weighted by Crippen LogP contribution is 2.31. The minimum absolute atomic E-state index is 0.299. The molecule has 2 aliphatic heterocycles. The van der Waals surface area contributed by atoms with Gasteiger partial charge in [0.25, 0.3) is 0 Å². The summed E-state index contributed by atoms with van der Waals surface area (Å²) in [4.78, 5) is 21.0. The summed E-state index contributed by atoms with van der Waals surface area (Å²) in [5, 5.41) is 4.90. The molecule has 0 spiro atoms. The van der Waals surface area contributed by atoms with Crippen LogP contribution in [0.25, 0.3) is 17.2 Å². The Morgan fingerprint density at radius 2 is 2.07 bits per heavy atom. The Bertz CT molecular complexity index is 1120. The average molecular weight is 381 g/mol. The fourth-order valence-electron chi connectivity index (χ4n) is 3.44. The topological polar surface area (TPSA) is 70.5 Å². The van der Waals surface area contributed by atoms with Gasteiger partial charge in [0.15, 0.2) is 5.82 Å². The Labute approximate surface area is 160 Å². The lowest BCUT2D eigenvalue weighted by atomic mass is 9.93. The van der Waals surface area contributed by atoms with E-state index in [1.54, 1.807) is 23.0 Å². The zero-order valence-electron chi connectivity index (χ0n) is 14.5. The molecule has 0 bridgehead atoms. The molecule has 3 aliphatic rings. The lowest BCUT2D eigenvalue weighted by molar-refractivity contribution is 0.289. The third kappa shape index (κ3) is 2.84. The molecule has 0 aromatic carbocycles. The first-order valence-electron chi connectivity index (χ1n) is 8.92. The summed E-state index contributed by atoms with van der Waals surface area (Å²) in [7, 11) is 0. The van der Waals surface area contributed by atoms with Crippen molar-refractivity contribution in [2.24, 2.45) is 0 Å². The van der Waals surface area contributed by atoms with Crippen molar-refractivity contribution in [2.45, 2.75) is 31.8 Å². The number of hydrogen-bond donors (Lipinski definition) is 0. The molecule has 2 aromatic heterocycles. The van der Waals surface area contributed by atoms with Gasteiger partial charge in [-0.15, -0.1) is 0 Å². The molecule has 5 rings (SSSR count). The van der Waals surface area contributed by atoms with Crippen LogP contribution in [0.1, 0.15) is 30.9 Å². The Morgan fingerprint density at radius 1 is 1.19 bits per heavy atom. The van der Waals surface area contributed by atoms with Gasteiger partial charge in [0.05, 0.1) is 30.2 Å². The van der Waals surface area contributed by atoms with Crippen molar-refractivity contribution in [3.8, 4) is 17.2 Å². The van der Waals surface area contributed by atoms with Crippen LogP contribution in [-0.4, -0.2) is 28.9 Å². The summed E-state index contributed by atoms with van der Waals surface area (Å²) < 4.78 is 5.52. The predicted octanol–water partition coefficient (Wildman–Crippen LogP) is 3.16. The number of fused-ring (bicyclic) bond motifs is 1. The molecular weight excluding hydrogens is 364 g/mol. The van der Waals surface area contributed by atoms with Crippen LogP contribution in [0.15, 0.2) is 53.8 Å². The SMILES string of the molecule is O=c1nc2n(Cc3ccc(Cl)nc3)cccc-2n1-c1cnn(C2CCC2)c1. The fourth-order valence-corrected chi connectivity index (χ4v) is 3.55. The fraction of sp³-hybridized carbons (Fsp3) is 0.263. The van der Waals surface area contributed by atoms with Crippen LogP contribution in [0.2, 0.25) is 5.15 Å². The second-order valence-electron chi connectivity index (χ2n) is 6.83. The molecule has 0 saturated heterocycles. The maximum atomic E-state index is 12.6. The first-order valence-corrected chi connectivity index (χ1v) is 9.30. The first-order chi connectivity index (χ1) is 13.2. The summed E-state index contributed by atoms with van der Waals surface area (Å²) in [6.07, 6.45) is 10.8. The van der Waals surface area contributed by atoms with E-state index in [2.05, 4.69) is 15.1 Å². The van der Waals surface area contributed by atoms with Crippen molar-refractivity contribution in [2.75, 3.05) is 0 Å². The normalized spacial score (nSPS) is 14.6. The number of nitrogens with zero attached hydrogens (tertiary/aromatic N) is 6. The van der Waals surface area contributed by atoms with Crippen molar-refractivity contribution in [1.29, 1.82) is 0 Å². The minimum atomic E-state index is -0.299. The monoisotopic (exact) mass is 380 g/mol. The quantitative estimate of drug-likeness (QED) is 0.510. The van der Waals surface area contributed by atoms with Crippen molar-refractivity contribution in [1.82, 2.24) is 28.9 Å². The zero-order valence-corrected chi connectivity index (χ0v) is 15.3. The van der Waals surface area contributed by atoms with E-state index in [4.69, 9.17) is 11.6 Å². The second-order valence-corrected chi connectivity index (χ2v) is 7.21. The van der Waals surface area contributed by atoms with Gasteiger partial charge in [0.1, 0.15) is 5.15 Å². The van der Waals surface area contributed by atoms with Gasteiger partial charge in [-0.05, 0) is 43.0 Å². The summed E-state index contributed by atoms with van der Waals surface area (Å²) in [6.45, 7) is 0.555. The van der Waals surface area contributed by atoms with Crippen molar-refractivity contribution in [3.05, 3.63) is 70.3 Å². The summed E-state index contributed by atoms with van der Waals surface area (Å²) in [5.74, 6) is 0.633. The van der Waals surface area contributed by atoms with E-state index in [1.807, 2.05) is 39.8 Å². The van der Waals surface area contributed by atoms with Crippen LogP contribution < -0.4 is 5.69 Å². The molecule has 0 radical (unpaired) electrons. The summed E-state index contributed by atoms with van der Waals surface area (Å²) in [6, 6.07) is 7.94. The van der Waals surface area contributed by atoms with E-state index in [0.717, 1.165) is 29.8 Å². The van der Waals surface area contributed by atoms with Crippen LogP contribution in [0.5, 0.6) is 0 Å². The average Bonchev–Trinajstić information content (AvgIpc) is 3.19. The number of pyridine rings is 2. The van der Waals surface area contributed by atoms with E-state index in [1.165, 1.54) is 6.42 Å². The highest BCUT2D eigenvalue weighted by molar-refractivity contribution is 6.29. The van der Waals surface area contributed by atoms with Gasteiger partial charge in [-0.1, -0.05) is 17.7 Å². The maximum absolute atomic E-state index is 12.6. The predicted molar refractivity (Wildman–Crippen MR) is 101 cm³/mol. The zero-order chi connectivity index (χ0) is 18.4. The molecular formula is C19H17ClN6O. The molecule has 1 saturated carbocycles. The molecule has 4 heterocycles. The van der Waals surface area contributed by atoms with E-state index < -0.39 is 0 Å². The highest BCUT2D eigenvalue weighted by atomic mass is 35.5. The molecule has 1 fully saturated rings. The van der Waals surface area contributed by atoms with Gasteiger partial charge in [-0.2, -0.15) is 10.1 Å². The Hall–Kier alpha value is -2.93. The van der Waals surface area contributed by atoms with Gasteiger partial charge in [-0.3, -0.25) is 9.25 Å². The van der Waals surface area contributed by atoms with Crippen LogP contribution in [-0.2, 0) is 6.54 Å². The Balaban J connectivity index is 1.52. The van der Waals surface area contributed by atoms with Gasteiger partial charge >= 0.3 is 5.69 Å². The lowest BCUT2D eigenvalue weighted by Gasteiger charge is -2.25. The third-order valence-electron chi connectivity index (χ3n) is 5.09. The standard InChI is InChI=1S/C19H17ClN6O/c20-17-7-6-13(9-21-17)11-24-8-2-5-16-18(24)23-19(27)26(16)15-10-22-25(12-15)14-3-1-4-14/h2,5-10,12,14H,1,3-4,11H2. The van der Waals surface area contributed by atoms with Gasteiger partial charge < -0.3 is 4.57 Å². The number of rotatable bonds is 4. The number of hydrogen-bond acceptors (Lipinski definition) is 4. The van der Waals surface area contributed by atoms with Gasteiger partial charge in [0.2, 0.25) is 0 Å². The molecule has 8 heteroatoms.